The van der Waals surface area contributed by atoms with Crippen LogP contribution >= 0.6 is 0 Å². The van der Waals surface area contributed by atoms with E-state index in [4.69, 9.17) is 9.47 Å². The normalized spacial score (nSPS) is 11.7. The second-order valence-electron chi connectivity index (χ2n) is 10.4. The Labute approximate surface area is 234 Å². The van der Waals surface area contributed by atoms with Crippen LogP contribution in [0.3, 0.4) is 0 Å². The summed E-state index contributed by atoms with van der Waals surface area (Å²) in [6.07, 6.45) is 12.9. The first kappa shape index (κ1) is 30.1. The molecule has 0 aliphatic rings. The second kappa shape index (κ2) is 16.5. The molecule has 0 fully saturated rings. The molecule has 0 heterocycles. The number of benzene rings is 3. The van der Waals surface area contributed by atoms with E-state index in [2.05, 4.69) is 38.1 Å². The minimum Gasteiger partial charge on any atom is -0.459 e. The highest BCUT2D eigenvalue weighted by molar-refractivity contribution is 5.92. The fraction of sp³-hybridized carbons (Fsp3) is 0.429. The van der Waals surface area contributed by atoms with Gasteiger partial charge in [-0.2, -0.15) is 0 Å². The minimum atomic E-state index is -0.434. The number of rotatable bonds is 16. The van der Waals surface area contributed by atoms with Gasteiger partial charge in [0, 0.05) is 0 Å². The van der Waals surface area contributed by atoms with Crippen molar-refractivity contribution in [1.29, 1.82) is 0 Å². The summed E-state index contributed by atoms with van der Waals surface area (Å²) in [5.74, 6) is -0.402. The lowest BCUT2D eigenvalue weighted by Gasteiger charge is -2.13. The van der Waals surface area contributed by atoms with Gasteiger partial charge in [0.15, 0.2) is 0 Å². The van der Waals surface area contributed by atoms with Crippen molar-refractivity contribution in [2.45, 2.75) is 97.5 Å². The maximum atomic E-state index is 12.7. The molecule has 0 spiro atoms. The molecule has 0 N–H and O–H groups in total. The number of ether oxygens (including phenoxy) is 2. The Hall–Kier alpha value is -3.40. The first-order chi connectivity index (χ1) is 19.0. The molecule has 0 aliphatic heterocycles. The molecule has 0 amide bonds. The third kappa shape index (κ3) is 10.4. The Morgan fingerprint density at radius 3 is 1.74 bits per heavy atom. The molecule has 3 aromatic rings. The van der Waals surface area contributed by atoms with Crippen LogP contribution in [-0.4, -0.2) is 18.0 Å². The van der Waals surface area contributed by atoms with E-state index < -0.39 is 5.97 Å². The Morgan fingerprint density at radius 1 is 0.615 bits per heavy atom. The Balaban J connectivity index is 1.48. The van der Waals surface area contributed by atoms with Crippen molar-refractivity contribution in [1.82, 2.24) is 0 Å². The van der Waals surface area contributed by atoms with Crippen molar-refractivity contribution in [3.8, 4) is 16.9 Å². The summed E-state index contributed by atoms with van der Waals surface area (Å²) in [6.45, 7) is 6.35. The van der Waals surface area contributed by atoms with E-state index in [0.29, 0.717) is 16.9 Å². The molecular formula is C35H44O4. The van der Waals surface area contributed by atoms with Crippen LogP contribution in [0, 0.1) is 0 Å². The highest BCUT2D eigenvalue weighted by Gasteiger charge is 2.14. The second-order valence-corrected chi connectivity index (χ2v) is 10.4. The van der Waals surface area contributed by atoms with E-state index in [-0.39, 0.29) is 12.1 Å². The Bertz CT molecular complexity index is 1130. The summed E-state index contributed by atoms with van der Waals surface area (Å²) in [5.41, 5.74) is 4.47. The summed E-state index contributed by atoms with van der Waals surface area (Å²) in [7, 11) is 0. The molecule has 0 saturated heterocycles. The van der Waals surface area contributed by atoms with Crippen molar-refractivity contribution < 1.29 is 19.1 Å². The maximum Gasteiger partial charge on any atom is 0.343 e. The number of hydrogen-bond donors (Lipinski definition) is 0. The predicted molar refractivity (Wildman–Crippen MR) is 159 cm³/mol. The van der Waals surface area contributed by atoms with Gasteiger partial charge in [0.25, 0.3) is 0 Å². The Kier molecular flexibility index (Phi) is 12.8. The van der Waals surface area contributed by atoms with Gasteiger partial charge in [0.05, 0.1) is 17.2 Å². The number of carbonyl (C=O) groups excluding carboxylic acids is 2. The van der Waals surface area contributed by atoms with Crippen molar-refractivity contribution in [3.63, 3.8) is 0 Å². The lowest BCUT2D eigenvalue weighted by molar-refractivity contribution is 0.0319. The van der Waals surface area contributed by atoms with Crippen molar-refractivity contribution >= 4 is 11.9 Å². The first-order valence-electron chi connectivity index (χ1n) is 14.7. The highest BCUT2D eigenvalue weighted by atomic mass is 16.5. The predicted octanol–water partition coefficient (Wildman–Crippen LogP) is 9.60. The summed E-state index contributed by atoms with van der Waals surface area (Å²) in [6, 6.07) is 22.7. The molecule has 3 aromatic carbocycles. The van der Waals surface area contributed by atoms with E-state index in [9.17, 15) is 9.59 Å². The third-order valence-corrected chi connectivity index (χ3v) is 7.05. The van der Waals surface area contributed by atoms with Crippen LogP contribution in [0.25, 0.3) is 11.1 Å². The van der Waals surface area contributed by atoms with Gasteiger partial charge in [0.2, 0.25) is 0 Å². The van der Waals surface area contributed by atoms with Crippen molar-refractivity contribution in [2.75, 3.05) is 0 Å². The zero-order chi connectivity index (χ0) is 27.9. The fourth-order valence-electron chi connectivity index (χ4n) is 4.59. The van der Waals surface area contributed by atoms with Gasteiger partial charge < -0.3 is 9.47 Å². The molecule has 4 heteroatoms. The SMILES string of the molecule is CCCCCCCc1ccc(-c2ccc(C(=O)Oc3ccc(C(=O)O[C@@H](C)CCCCCC)cc3)cc2)cc1. The molecule has 0 unspecified atom stereocenters. The van der Waals surface area contributed by atoms with Crippen LogP contribution in [0.15, 0.2) is 72.8 Å². The zero-order valence-electron chi connectivity index (χ0n) is 23.9. The van der Waals surface area contributed by atoms with Crippen LogP contribution in [0.2, 0.25) is 0 Å². The smallest absolute Gasteiger partial charge is 0.343 e. The quantitative estimate of drug-likeness (QED) is 0.105. The summed E-state index contributed by atoms with van der Waals surface area (Å²) in [5, 5.41) is 0. The standard InChI is InChI=1S/C35H44O4/c1-4-6-8-10-12-14-28-15-17-29(18-16-28)30-19-21-31(22-20-30)35(37)39-33-25-23-32(24-26-33)34(36)38-27(3)13-11-9-7-5-2/h15-27H,4-14H2,1-3H3/t27-/m0/s1. The maximum absolute atomic E-state index is 12.7. The van der Waals surface area contributed by atoms with E-state index in [0.717, 1.165) is 36.8 Å². The number of carbonyl (C=O) groups is 2. The number of aryl methyl sites for hydroxylation is 1. The van der Waals surface area contributed by atoms with Gasteiger partial charge >= 0.3 is 11.9 Å². The van der Waals surface area contributed by atoms with Crippen LogP contribution in [-0.2, 0) is 11.2 Å². The fourth-order valence-corrected chi connectivity index (χ4v) is 4.59. The topological polar surface area (TPSA) is 52.6 Å². The average Bonchev–Trinajstić information content (AvgIpc) is 2.96. The zero-order valence-corrected chi connectivity index (χ0v) is 23.9. The number of hydrogen-bond acceptors (Lipinski definition) is 4. The molecule has 0 radical (unpaired) electrons. The van der Waals surface area contributed by atoms with Crippen molar-refractivity contribution in [3.05, 3.63) is 89.5 Å². The van der Waals surface area contributed by atoms with Crippen LogP contribution in [0.5, 0.6) is 5.75 Å². The molecule has 3 rings (SSSR count). The average molecular weight is 529 g/mol. The lowest BCUT2D eigenvalue weighted by atomic mass is 10.00. The van der Waals surface area contributed by atoms with Gasteiger partial charge in [0.1, 0.15) is 5.75 Å². The van der Waals surface area contributed by atoms with Crippen molar-refractivity contribution in [2.24, 2.45) is 0 Å². The van der Waals surface area contributed by atoms with Gasteiger partial charge in [-0.1, -0.05) is 95.2 Å². The monoisotopic (exact) mass is 528 g/mol. The number of esters is 2. The molecule has 0 aromatic heterocycles. The molecular weight excluding hydrogens is 484 g/mol. The van der Waals surface area contributed by atoms with Crippen LogP contribution < -0.4 is 4.74 Å². The lowest BCUT2D eigenvalue weighted by Crippen LogP contribution is -2.15. The summed E-state index contributed by atoms with van der Waals surface area (Å²) >= 11 is 0. The molecule has 208 valence electrons. The molecule has 0 bridgehead atoms. The van der Waals surface area contributed by atoms with E-state index in [1.807, 2.05) is 19.1 Å². The third-order valence-electron chi connectivity index (χ3n) is 7.05. The molecule has 1 atom stereocenters. The van der Waals surface area contributed by atoms with Gasteiger partial charge in [-0.25, -0.2) is 9.59 Å². The van der Waals surface area contributed by atoms with E-state index >= 15 is 0 Å². The van der Waals surface area contributed by atoms with Gasteiger partial charge in [-0.3, -0.25) is 0 Å². The van der Waals surface area contributed by atoms with Crippen LogP contribution in [0.1, 0.15) is 111 Å². The first-order valence-corrected chi connectivity index (χ1v) is 14.7. The van der Waals surface area contributed by atoms with Gasteiger partial charge in [-0.05, 0) is 85.7 Å². The Morgan fingerprint density at radius 2 is 1.13 bits per heavy atom. The van der Waals surface area contributed by atoms with Crippen LogP contribution in [0.4, 0.5) is 0 Å². The van der Waals surface area contributed by atoms with Gasteiger partial charge in [-0.15, -0.1) is 0 Å². The number of unbranched alkanes of at least 4 members (excludes halogenated alkanes) is 7. The van der Waals surface area contributed by atoms with E-state index in [1.165, 1.54) is 50.5 Å². The summed E-state index contributed by atoms with van der Waals surface area (Å²) < 4.78 is 11.1. The highest BCUT2D eigenvalue weighted by Crippen LogP contribution is 2.22. The largest absolute Gasteiger partial charge is 0.459 e. The molecule has 4 nitrogen and oxygen atoms in total. The molecule has 0 saturated carbocycles. The van der Waals surface area contributed by atoms with E-state index in [1.54, 1.807) is 36.4 Å². The molecule has 39 heavy (non-hydrogen) atoms. The molecule has 0 aliphatic carbocycles. The minimum absolute atomic E-state index is 0.118. The summed E-state index contributed by atoms with van der Waals surface area (Å²) in [4.78, 5) is 25.1.